The summed E-state index contributed by atoms with van der Waals surface area (Å²) in [6, 6.07) is 8.65. The van der Waals surface area contributed by atoms with E-state index in [1.54, 1.807) is 24.3 Å². The number of anilines is 1. The van der Waals surface area contributed by atoms with Gasteiger partial charge in [-0.1, -0.05) is 36.2 Å². The molecule has 3 aromatic heterocycles. The zero-order chi connectivity index (χ0) is 23.1. The molecule has 0 spiro atoms. The molecule has 11 heteroatoms. The van der Waals surface area contributed by atoms with E-state index in [-0.39, 0.29) is 15.9 Å². The maximum atomic E-state index is 14.6. The Balaban J connectivity index is 1.75. The third-order valence-electron chi connectivity index (χ3n) is 5.29. The van der Waals surface area contributed by atoms with Crippen LogP contribution in [0, 0.1) is 5.82 Å². The first-order valence-corrected chi connectivity index (χ1v) is 10.8. The Kier molecular flexibility index (Phi) is 5.43. The number of benzene rings is 2. The van der Waals surface area contributed by atoms with Crippen molar-refractivity contribution in [2.45, 2.75) is 19.4 Å². The van der Waals surface area contributed by atoms with Gasteiger partial charge in [0.05, 0.1) is 33.6 Å². The van der Waals surface area contributed by atoms with Gasteiger partial charge in [-0.05, 0) is 36.8 Å². The smallest absolute Gasteiger partial charge is 0.269 e. The molecule has 2 aromatic carbocycles. The lowest BCUT2D eigenvalue weighted by Gasteiger charge is -2.22. The predicted octanol–water partition coefficient (Wildman–Crippen LogP) is 5.06. The minimum atomic E-state index is -0.652. The van der Waals surface area contributed by atoms with E-state index in [1.807, 2.05) is 6.92 Å². The minimum Gasteiger partial charge on any atom is -0.358 e. The summed E-state index contributed by atoms with van der Waals surface area (Å²) < 4.78 is 16.0. The number of hydrogen-bond acceptors (Lipinski definition) is 6. The molecule has 5 aromatic rings. The molecule has 0 aliphatic heterocycles. The summed E-state index contributed by atoms with van der Waals surface area (Å²) >= 11 is 12.3. The SMILES string of the molecule is CC[C@H](Nc1ncnc2nc[nH]c12)c1nc2cccc(F)c2c(=O)n1-c1ccc(Cl)c(Cl)c1. The van der Waals surface area contributed by atoms with Crippen LogP contribution in [0.2, 0.25) is 10.0 Å². The second kappa shape index (κ2) is 8.42. The van der Waals surface area contributed by atoms with Gasteiger partial charge < -0.3 is 10.3 Å². The quantitative estimate of drug-likeness (QED) is 0.362. The van der Waals surface area contributed by atoms with Crippen molar-refractivity contribution < 1.29 is 4.39 Å². The van der Waals surface area contributed by atoms with E-state index < -0.39 is 17.4 Å². The molecule has 0 saturated carbocycles. The van der Waals surface area contributed by atoms with Gasteiger partial charge in [-0.2, -0.15) is 0 Å². The molecule has 0 aliphatic rings. The average Bonchev–Trinajstić information content (AvgIpc) is 3.29. The normalized spacial score (nSPS) is 12.4. The average molecular weight is 484 g/mol. The van der Waals surface area contributed by atoms with E-state index >= 15 is 0 Å². The Morgan fingerprint density at radius 1 is 1.15 bits per heavy atom. The molecule has 166 valence electrons. The van der Waals surface area contributed by atoms with Crippen molar-refractivity contribution in [1.82, 2.24) is 29.5 Å². The van der Waals surface area contributed by atoms with Crippen LogP contribution < -0.4 is 10.9 Å². The third kappa shape index (κ3) is 3.69. The highest BCUT2D eigenvalue weighted by atomic mass is 35.5. The van der Waals surface area contributed by atoms with Gasteiger partial charge in [0.1, 0.15) is 28.9 Å². The van der Waals surface area contributed by atoms with Crippen molar-refractivity contribution in [3.05, 3.63) is 81.1 Å². The minimum absolute atomic E-state index is 0.111. The number of imidazole rings is 1. The Hall–Kier alpha value is -3.56. The summed E-state index contributed by atoms with van der Waals surface area (Å²) in [6.45, 7) is 1.93. The van der Waals surface area contributed by atoms with Gasteiger partial charge in [-0.15, -0.1) is 0 Å². The van der Waals surface area contributed by atoms with Gasteiger partial charge >= 0.3 is 0 Å². The topological polar surface area (TPSA) is 101 Å². The van der Waals surface area contributed by atoms with Crippen LogP contribution >= 0.6 is 23.2 Å². The first-order valence-electron chi connectivity index (χ1n) is 10.0. The standard InChI is InChI=1S/C22H16Cl2FN7O/c1-2-15(30-20-18-19(27-9-26-18)28-10-29-20)21-31-16-5-3-4-14(25)17(16)22(33)32(21)11-6-7-12(23)13(24)8-11/h3-10,15H,2H2,1H3,(H2,26,27,28,29,30)/t15-/m0/s1. The lowest BCUT2D eigenvalue weighted by molar-refractivity contribution is 0.630. The highest BCUT2D eigenvalue weighted by Gasteiger charge is 2.23. The molecule has 2 N–H and O–H groups in total. The number of aromatic nitrogens is 6. The molecule has 0 unspecified atom stereocenters. The Labute approximate surface area is 196 Å². The zero-order valence-corrected chi connectivity index (χ0v) is 18.7. The highest BCUT2D eigenvalue weighted by molar-refractivity contribution is 6.42. The lowest BCUT2D eigenvalue weighted by atomic mass is 10.1. The molecule has 3 heterocycles. The number of halogens is 3. The summed E-state index contributed by atoms with van der Waals surface area (Å²) in [5.41, 5.74) is 1.22. The summed E-state index contributed by atoms with van der Waals surface area (Å²) in [7, 11) is 0. The van der Waals surface area contributed by atoms with E-state index in [9.17, 15) is 9.18 Å². The largest absolute Gasteiger partial charge is 0.358 e. The predicted molar refractivity (Wildman–Crippen MR) is 126 cm³/mol. The molecule has 33 heavy (non-hydrogen) atoms. The van der Waals surface area contributed by atoms with Crippen LogP contribution in [0.3, 0.4) is 0 Å². The van der Waals surface area contributed by atoms with Gasteiger partial charge in [0.25, 0.3) is 5.56 Å². The molecule has 8 nitrogen and oxygen atoms in total. The van der Waals surface area contributed by atoms with Gasteiger partial charge in [0.2, 0.25) is 0 Å². The van der Waals surface area contributed by atoms with Crippen molar-refractivity contribution in [3.8, 4) is 5.69 Å². The number of fused-ring (bicyclic) bond motifs is 2. The van der Waals surface area contributed by atoms with Crippen LogP contribution in [-0.4, -0.2) is 29.5 Å². The second-order valence-electron chi connectivity index (χ2n) is 7.27. The monoisotopic (exact) mass is 483 g/mol. The van der Waals surface area contributed by atoms with Crippen molar-refractivity contribution in [3.63, 3.8) is 0 Å². The van der Waals surface area contributed by atoms with Crippen LogP contribution in [0.25, 0.3) is 27.8 Å². The van der Waals surface area contributed by atoms with Gasteiger partial charge in [0, 0.05) is 0 Å². The second-order valence-corrected chi connectivity index (χ2v) is 8.09. The summed E-state index contributed by atoms with van der Waals surface area (Å²) in [5, 5.41) is 3.81. The fraction of sp³-hybridized carbons (Fsp3) is 0.136. The van der Waals surface area contributed by atoms with Crippen LogP contribution in [0.5, 0.6) is 0 Å². The molecule has 5 rings (SSSR count). The first kappa shape index (κ1) is 21.3. The molecular weight excluding hydrogens is 468 g/mol. The van der Waals surface area contributed by atoms with E-state index in [0.717, 1.165) is 0 Å². The summed E-state index contributed by atoms with van der Waals surface area (Å²) in [5.74, 6) is 0.213. The fourth-order valence-corrected chi connectivity index (χ4v) is 4.00. The zero-order valence-electron chi connectivity index (χ0n) is 17.2. The molecule has 0 aliphatic carbocycles. The number of rotatable bonds is 5. The van der Waals surface area contributed by atoms with Gasteiger partial charge in [-0.25, -0.2) is 24.3 Å². The van der Waals surface area contributed by atoms with E-state index in [4.69, 9.17) is 23.2 Å². The third-order valence-corrected chi connectivity index (χ3v) is 6.03. The van der Waals surface area contributed by atoms with Gasteiger partial charge in [0.15, 0.2) is 11.5 Å². The summed E-state index contributed by atoms with van der Waals surface area (Å²) in [6.07, 6.45) is 3.45. The lowest BCUT2D eigenvalue weighted by Crippen LogP contribution is -2.29. The number of H-pyrrole nitrogens is 1. The van der Waals surface area contributed by atoms with Crippen LogP contribution in [-0.2, 0) is 0 Å². The molecule has 0 radical (unpaired) electrons. The molecule has 0 bridgehead atoms. The number of nitrogens with one attached hydrogen (secondary N) is 2. The van der Waals surface area contributed by atoms with Crippen molar-refractivity contribution in [2.75, 3.05) is 5.32 Å². The highest BCUT2D eigenvalue weighted by Crippen LogP contribution is 2.29. The molecule has 0 amide bonds. The molecular formula is C22H16Cl2FN7O. The van der Waals surface area contributed by atoms with Crippen molar-refractivity contribution in [2.24, 2.45) is 0 Å². The van der Waals surface area contributed by atoms with Gasteiger partial charge in [-0.3, -0.25) is 9.36 Å². The van der Waals surface area contributed by atoms with Crippen LogP contribution in [0.4, 0.5) is 10.2 Å². The Morgan fingerprint density at radius 2 is 2.00 bits per heavy atom. The maximum Gasteiger partial charge on any atom is 0.269 e. The van der Waals surface area contributed by atoms with E-state index in [0.29, 0.717) is 39.9 Å². The fourth-order valence-electron chi connectivity index (χ4n) is 3.70. The van der Waals surface area contributed by atoms with Crippen LogP contribution in [0.15, 0.2) is 53.8 Å². The number of nitrogens with zero attached hydrogens (tertiary/aromatic N) is 5. The molecule has 1 atom stereocenters. The molecule has 0 fully saturated rings. The van der Waals surface area contributed by atoms with Crippen molar-refractivity contribution in [1.29, 1.82) is 0 Å². The van der Waals surface area contributed by atoms with E-state index in [2.05, 4.69) is 30.2 Å². The number of aromatic amines is 1. The Morgan fingerprint density at radius 3 is 2.79 bits per heavy atom. The van der Waals surface area contributed by atoms with Crippen LogP contribution in [0.1, 0.15) is 25.2 Å². The number of hydrogen-bond donors (Lipinski definition) is 2. The van der Waals surface area contributed by atoms with Crippen molar-refractivity contribution >= 4 is 51.1 Å². The van der Waals surface area contributed by atoms with E-state index in [1.165, 1.54) is 29.4 Å². The first-order chi connectivity index (χ1) is 16.0. The summed E-state index contributed by atoms with van der Waals surface area (Å²) in [4.78, 5) is 33.8. The Bertz CT molecular complexity index is 1570. The maximum absolute atomic E-state index is 14.6. The molecule has 0 saturated heterocycles.